The van der Waals surface area contributed by atoms with Crippen LogP contribution in [0.2, 0.25) is 0 Å². The van der Waals surface area contributed by atoms with Crippen molar-refractivity contribution in [1.82, 2.24) is 14.5 Å². The molecule has 3 aromatic heterocycles. The van der Waals surface area contributed by atoms with E-state index in [-0.39, 0.29) is 43.2 Å². The number of nitrogens with zero attached hydrogens (tertiary/aromatic N) is 4. The standard InChI is InChI=1S/C24H25F5N4O5S/c1-6-39(36,37)18-10-15(32(5)21(35)38-22(2,3)4)11-31-20(18)16-9-14-7-8-19(34)33(17(14)12-30-16)13-23(25,26)24(27,28)29/h7-12H,6,13H2,1-5H3. The number of halogens is 5. The van der Waals surface area contributed by atoms with Crippen molar-refractivity contribution in [3.05, 3.63) is 47.0 Å². The summed E-state index contributed by atoms with van der Waals surface area (Å²) in [6, 6.07) is 4.41. The minimum Gasteiger partial charge on any atom is -0.443 e. The number of carbonyl (C=O) groups is 1. The van der Waals surface area contributed by atoms with E-state index in [2.05, 4.69) is 9.97 Å². The van der Waals surface area contributed by atoms with Crippen molar-refractivity contribution in [2.45, 2.75) is 56.8 Å². The number of alkyl halides is 5. The topological polar surface area (TPSA) is 111 Å². The van der Waals surface area contributed by atoms with Crippen molar-refractivity contribution in [2.24, 2.45) is 0 Å². The van der Waals surface area contributed by atoms with Gasteiger partial charge in [0.25, 0.3) is 5.56 Å². The Hall–Kier alpha value is -3.62. The highest BCUT2D eigenvalue weighted by Gasteiger charge is 2.57. The fourth-order valence-corrected chi connectivity index (χ4v) is 4.47. The van der Waals surface area contributed by atoms with Gasteiger partial charge in [-0.25, -0.2) is 13.2 Å². The Balaban J connectivity index is 2.15. The molecule has 0 bridgehead atoms. The Morgan fingerprint density at radius 2 is 1.69 bits per heavy atom. The quantitative estimate of drug-likeness (QED) is 0.387. The molecule has 212 valence electrons. The second kappa shape index (κ2) is 10.2. The number of aromatic nitrogens is 3. The zero-order chi connectivity index (χ0) is 29.6. The lowest BCUT2D eigenvalue weighted by molar-refractivity contribution is -0.286. The van der Waals surface area contributed by atoms with Crippen LogP contribution in [0.1, 0.15) is 27.7 Å². The van der Waals surface area contributed by atoms with Gasteiger partial charge in [0, 0.05) is 18.5 Å². The fourth-order valence-electron chi connectivity index (χ4n) is 3.41. The summed E-state index contributed by atoms with van der Waals surface area (Å²) in [5, 5.41) is 0.0363. The van der Waals surface area contributed by atoms with E-state index in [1.165, 1.54) is 38.4 Å². The van der Waals surface area contributed by atoms with E-state index in [0.717, 1.165) is 17.2 Å². The van der Waals surface area contributed by atoms with E-state index in [9.17, 15) is 40.0 Å². The van der Waals surface area contributed by atoms with Crippen molar-refractivity contribution in [1.29, 1.82) is 0 Å². The second-order valence-corrected chi connectivity index (χ2v) is 11.8. The molecule has 3 rings (SSSR count). The third kappa shape index (κ3) is 6.34. The van der Waals surface area contributed by atoms with Crippen LogP contribution in [0.15, 0.2) is 46.3 Å². The molecule has 0 fully saturated rings. The summed E-state index contributed by atoms with van der Waals surface area (Å²) in [7, 11) is -2.60. The molecule has 3 heterocycles. The van der Waals surface area contributed by atoms with Crippen LogP contribution in [0.5, 0.6) is 0 Å². The average Bonchev–Trinajstić information content (AvgIpc) is 2.82. The predicted octanol–water partition coefficient (Wildman–Crippen LogP) is 4.82. The van der Waals surface area contributed by atoms with Gasteiger partial charge in [-0.1, -0.05) is 6.92 Å². The third-order valence-corrected chi connectivity index (χ3v) is 7.24. The Kier molecular flexibility index (Phi) is 7.80. The number of hydrogen-bond donors (Lipinski definition) is 0. The van der Waals surface area contributed by atoms with E-state index < -0.39 is 45.7 Å². The summed E-state index contributed by atoms with van der Waals surface area (Å²) < 4.78 is 97.2. The average molecular weight is 577 g/mol. The summed E-state index contributed by atoms with van der Waals surface area (Å²) in [6.07, 6.45) is -4.56. The molecule has 0 aliphatic rings. The fraction of sp³-hybridized carbons (Fsp3) is 0.417. The molecule has 9 nitrogen and oxygen atoms in total. The minimum absolute atomic E-state index is 0.0363. The molecule has 0 atom stereocenters. The van der Waals surface area contributed by atoms with Gasteiger partial charge in [-0.3, -0.25) is 19.7 Å². The maximum atomic E-state index is 13.7. The van der Waals surface area contributed by atoms with Gasteiger partial charge in [0.15, 0.2) is 9.84 Å². The Morgan fingerprint density at radius 1 is 1.05 bits per heavy atom. The first-order chi connectivity index (χ1) is 17.8. The number of hydrogen-bond acceptors (Lipinski definition) is 7. The largest absolute Gasteiger partial charge is 0.455 e. The molecule has 0 N–H and O–H groups in total. The molecule has 15 heteroatoms. The smallest absolute Gasteiger partial charge is 0.443 e. The molecule has 0 saturated heterocycles. The van der Waals surface area contributed by atoms with Crippen LogP contribution in [0.3, 0.4) is 0 Å². The summed E-state index contributed by atoms with van der Waals surface area (Å²) in [5.41, 5.74) is -2.38. The lowest BCUT2D eigenvalue weighted by Gasteiger charge is -2.25. The SMILES string of the molecule is CCS(=O)(=O)c1cc(N(C)C(=O)OC(C)(C)C)cnc1-c1cc2ccc(=O)n(CC(F)(F)C(F)(F)F)c2cn1. The molecule has 0 aromatic carbocycles. The first kappa shape index (κ1) is 29.9. The molecule has 0 spiro atoms. The molecule has 0 saturated carbocycles. The molecule has 0 radical (unpaired) electrons. The Morgan fingerprint density at radius 3 is 2.26 bits per heavy atom. The molecule has 0 aliphatic carbocycles. The molecule has 0 aliphatic heterocycles. The van der Waals surface area contributed by atoms with Gasteiger partial charge in [0.1, 0.15) is 11.3 Å². The van der Waals surface area contributed by atoms with Crippen LogP contribution >= 0.6 is 0 Å². The third-order valence-electron chi connectivity index (χ3n) is 5.50. The van der Waals surface area contributed by atoms with E-state index in [1.807, 2.05) is 0 Å². The summed E-state index contributed by atoms with van der Waals surface area (Å²) in [5.74, 6) is -5.54. The van der Waals surface area contributed by atoms with Gasteiger partial charge in [-0.05, 0) is 39.0 Å². The van der Waals surface area contributed by atoms with Crippen molar-refractivity contribution in [2.75, 3.05) is 17.7 Å². The van der Waals surface area contributed by atoms with Gasteiger partial charge in [0.05, 0.1) is 46.5 Å². The van der Waals surface area contributed by atoms with Gasteiger partial charge in [-0.2, -0.15) is 22.0 Å². The molecule has 39 heavy (non-hydrogen) atoms. The van der Waals surface area contributed by atoms with Crippen molar-refractivity contribution < 1.29 is 39.9 Å². The van der Waals surface area contributed by atoms with E-state index in [4.69, 9.17) is 4.74 Å². The molecule has 0 unspecified atom stereocenters. The molecule has 3 aromatic rings. The zero-order valence-corrected chi connectivity index (χ0v) is 22.3. The van der Waals surface area contributed by atoms with Crippen LogP contribution < -0.4 is 10.5 Å². The zero-order valence-electron chi connectivity index (χ0n) is 21.5. The maximum absolute atomic E-state index is 13.7. The van der Waals surface area contributed by atoms with E-state index in [0.29, 0.717) is 0 Å². The lowest BCUT2D eigenvalue weighted by Crippen LogP contribution is -2.42. The summed E-state index contributed by atoms with van der Waals surface area (Å²) in [4.78, 5) is 33.6. The lowest BCUT2D eigenvalue weighted by atomic mass is 10.1. The van der Waals surface area contributed by atoms with Gasteiger partial charge in [-0.15, -0.1) is 0 Å². The maximum Gasteiger partial charge on any atom is 0.455 e. The number of anilines is 1. The van der Waals surface area contributed by atoms with Crippen LogP contribution in [0, 0.1) is 0 Å². The second-order valence-electron chi connectivity index (χ2n) is 9.57. The van der Waals surface area contributed by atoms with Crippen molar-refractivity contribution in [3.8, 4) is 11.4 Å². The van der Waals surface area contributed by atoms with Gasteiger partial charge < -0.3 is 9.30 Å². The van der Waals surface area contributed by atoms with Crippen LogP contribution in [-0.2, 0) is 21.1 Å². The summed E-state index contributed by atoms with van der Waals surface area (Å²) >= 11 is 0. The van der Waals surface area contributed by atoms with Crippen LogP contribution in [0.25, 0.3) is 22.3 Å². The van der Waals surface area contributed by atoms with Gasteiger partial charge >= 0.3 is 18.2 Å². The molecular formula is C24H25F5N4O5S. The monoisotopic (exact) mass is 576 g/mol. The Bertz CT molecular complexity index is 1580. The van der Waals surface area contributed by atoms with Crippen LogP contribution in [-0.4, -0.2) is 59.5 Å². The number of ether oxygens (including phenoxy) is 1. The number of pyridine rings is 3. The minimum atomic E-state index is -5.89. The summed E-state index contributed by atoms with van der Waals surface area (Å²) in [6.45, 7) is 4.39. The van der Waals surface area contributed by atoms with E-state index >= 15 is 0 Å². The first-order valence-corrected chi connectivity index (χ1v) is 13.1. The number of carbonyl (C=O) groups excluding carboxylic acids is 1. The molecule has 1 amide bonds. The highest BCUT2D eigenvalue weighted by molar-refractivity contribution is 7.91. The highest BCUT2D eigenvalue weighted by Crippen LogP contribution is 2.37. The number of fused-ring (bicyclic) bond motifs is 1. The van der Waals surface area contributed by atoms with Crippen LogP contribution in [0.4, 0.5) is 32.4 Å². The number of sulfone groups is 1. The normalized spacial score (nSPS) is 13.0. The first-order valence-electron chi connectivity index (χ1n) is 11.4. The highest BCUT2D eigenvalue weighted by atomic mass is 32.2. The van der Waals surface area contributed by atoms with Gasteiger partial charge in [0.2, 0.25) is 0 Å². The number of amides is 1. The van der Waals surface area contributed by atoms with Crippen molar-refractivity contribution in [3.63, 3.8) is 0 Å². The predicted molar refractivity (Wildman–Crippen MR) is 133 cm³/mol. The van der Waals surface area contributed by atoms with E-state index in [1.54, 1.807) is 20.8 Å². The number of rotatable bonds is 6. The van der Waals surface area contributed by atoms with Crippen molar-refractivity contribution >= 4 is 32.5 Å². The molecular weight excluding hydrogens is 551 g/mol. The Labute approximate surface area is 220 Å².